The van der Waals surface area contributed by atoms with Crippen LogP contribution in [0.15, 0.2) is 30.5 Å². The Kier molecular flexibility index (Phi) is 2.80. The van der Waals surface area contributed by atoms with E-state index in [9.17, 15) is 10.2 Å². The van der Waals surface area contributed by atoms with Crippen molar-refractivity contribution in [3.63, 3.8) is 0 Å². The summed E-state index contributed by atoms with van der Waals surface area (Å²) in [6, 6.07) is 7.30. The molecule has 0 amide bonds. The number of phenolic OH excluding ortho intramolecular Hbond substituents is 1. The highest BCUT2D eigenvalue weighted by molar-refractivity contribution is 5.34. The standard InChI is InChI=1S/C14H16N2O2/c17-12-6-5-11-8-15-14(16(11)9-12)7-10-3-1-2-4-13(10)18/h1-4,8,12,17-18H,5-7,9H2. The number of para-hydroxylation sites is 1. The molecule has 18 heavy (non-hydrogen) atoms. The van der Waals surface area contributed by atoms with E-state index in [1.807, 2.05) is 24.4 Å². The van der Waals surface area contributed by atoms with E-state index < -0.39 is 0 Å². The van der Waals surface area contributed by atoms with Crippen LogP contribution in [0.5, 0.6) is 5.75 Å². The maximum absolute atomic E-state index is 9.78. The number of hydrogen-bond acceptors (Lipinski definition) is 3. The summed E-state index contributed by atoms with van der Waals surface area (Å²) in [5.41, 5.74) is 2.04. The first-order valence-corrected chi connectivity index (χ1v) is 6.22. The minimum atomic E-state index is -0.283. The van der Waals surface area contributed by atoms with Crippen molar-refractivity contribution in [3.05, 3.63) is 47.5 Å². The summed E-state index contributed by atoms with van der Waals surface area (Å²) in [7, 11) is 0. The molecule has 0 saturated heterocycles. The molecule has 2 heterocycles. The molecule has 0 saturated carbocycles. The third-order valence-corrected chi connectivity index (χ3v) is 3.49. The molecule has 1 aromatic carbocycles. The lowest BCUT2D eigenvalue weighted by Crippen LogP contribution is -2.25. The maximum atomic E-state index is 9.78. The Morgan fingerprint density at radius 2 is 2.17 bits per heavy atom. The quantitative estimate of drug-likeness (QED) is 0.841. The minimum Gasteiger partial charge on any atom is -0.508 e. The predicted octanol–water partition coefficient (Wildman–Crippen LogP) is 1.49. The number of aliphatic hydroxyl groups excluding tert-OH is 1. The van der Waals surface area contributed by atoms with Crippen LogP contribution in [-0.4, -0.2) is 25.9 Å². The highest BCUT2D eigenvalue weighted by Crippen LogP contribution is 2.22. The number of rotatable bonds is 2. The minimum absolute atomic E-state index is 0.283. The Hall–Kier alpha value is -1.81. The number of phenols is 1. The number of aliphatic hydroxyl groups is 1. The largest absolute Gasteiger partial charge is 0.508 e. The van der Waals surface area contributed by atoms with Crippen molar-refractivity contribution in [1.82, 2.24) is 9.55 Å². The van der Waals surface area contributed by atoms with Gasteiger partial charge in [-0.15, -0.1) is 0 Å². The molecule has 0 radical (unpaired) electrons. The van der Waals surface area contributed by atoms with E-state index in [1.165, 1.54) is 5.69 Å². The van der Waals surface area contributed by atoms with Crippen LogP contribution in [0.1, 0.15) is 23.5 Å². The molecule has 1 aliphatic rings. The topological polar surface area (TPSA) is 58.3 Å². The van der Waals surface area contributed by atoms with Gasteiger partial charge in [0.15, 0.2) is 0 Å². The van der Waals surface area contributed by atoms with Gasteiger partial charge < -0.3 is 14.8 Å². The monoisotopic (exact) mass is 244 g/mol. The number of aromatic nitrogens is 2. The Bertz CT molecular complexity index is 563. The summed E-state index contributed by atoms with van der Waals surface area (Å²) in [5, 5.41) is 19.5. The van der Waals surface area contributed by atoms with Crippen LogP contribution in [0.4, 0.5) is 0 Å². The molecular weight excluding hydrogens is 228 g/mol. The summed E-state index contributed by atoms with van der Waals surface area (Å²) < 4.78 is 2.07. The molecule has 1 aliphatic heterocycles. The number of imidazole rings is 1. The van der Waals surface area contributed by atoms with Crippen molar-refractivity contribution in [1.29, 1.82) is 0 Å². The summed E-state index contributed by atoms with van der Waals surface area (Å²) in [4.78, 5) is 4.41. The normalized spacial score (nSPS) is 18.6. The van der Waals surface area contributed by atoms with Crippen LogP contribution in [0.25, 0.3) is 0 Å². The van der Waals surface area contributed by atoms with Gasteiger partial charge in [-0.3, -0.25) is 0 Å². The summed E-state index contributed by atoms with van der Waals surface area (Å²) in [5.74, 6) is 1.21. The van der Waals surface area contributed by atoms with Gasteiger partial charge in [-0.1, -0.05) is 18.2 Å². The van der Waals surface area contributed by atoms with Gasteiger partial charge in [0.05, 0.1) is 12.6 Å². The van der Waals surface area contributed by atoms with E-state index in [1.54, 1.807) is 6.07 Å². The second kappa shape index (κ2) is 4.46. The summed E-state index contributed by atoms with van der Waals surface area (Å²) in [6.07, 6.45) is 3.87. The van der Waals surface area contributed by atoms with Gasteiger partial charge in [-0.05, 0) is 18.9 Å². The van der Waals surface area contributed by atoms with Crippen molar-refractivity contribution in [2.45, 2.75) is 31.9 Å². The Morgan fingerprint density at radius 3 is 3.00 bits per heavy atom. The number of aryl methyl sites for hydroxylation is 1. The average molecular weight is 244 g/mol. The van der Waals surface area contributed by atoms with Gasteiger partial charge in [0.2, 0.25) is 0 Å². The van der Waals surface area contributed by atoms with Gasteiger partial charge in [0.1, 0.15) is 11.6 Å². The number of aromatic hydroxyl groups is 1. The Labute approximate surface area is 106 Å². The molecule has 2 N–H and O–H groups in total. The Balaban J connectivity index is 1.90. The van der Waals surface area contributed by atoms with Gasteiger partial charge >= 0.3 is 0 Å². The van der Waals surface area contributed by atoms with Crippen LogP contribution in [-0.2, 0) is 19.4 Å². The van der Waals surface area contributed by atoms with E-state index in [0.717, 1.165) is 24.2 Å². The molecule has 94 valence electrons. The molecule has 4 nitrogen and oxygen atoms in total. The zero-order chi connectivity index (χ0) is 12.5. The average Bonchev–Trinajstić information content (AvgIpc) is 2.75. The molecule has 0 spiro atoms. The number of benzene rings is 1. The number of fused-ring (bicyclic) bond motifs is 1. The molecule has 2 aromatic rings. The summed E-state index contributed by atoms with van der Waals surface area (Å²) >= 11 is 0. The maximum Gasteiger partial charge on any atom is 0.119 e. The van der Waals surface area contributed by atoms with E-state index in [-0.39, 0.29) is 6.10 Å². The number of nitrogens with zero attached hydrogens (tertiary/aromatic N) is 2. The lowest BCUT2D eigenvalue weighted by molar-refractivity contribution is 0.130. The van der Waals surface area contributed by atoms with Crippen LogP contribution >= 0.6 is 0 Å². The van der Waals surface area contributed by atoms with Crippen molar-refractivity contribution in [2.75, 3.05) is 0 Å². The molecule has 3 rings (SSSR count). The van der Waals surface area contributed by atoms with Gasteiger partial charge in [-0.25, -0.2) is 4.98 Å². The molecular formula is C14H16N2O2. The first-order valence-electron chi connectivity index (χ1n) is 6.22. The molecule has 0 bridgehead atoms. The number of hydrogen-bond donors (Lipinski definition) is 2. The fourth-order valence-corrected chi connectivity index (χ4v) is 2.46. The van der Waals surface area contributed by atoms with Gasteiger partial charge in [-0.2, -0.15) is 0 Å². The van der Waals surface area contributed by atoms with E-state index in [4.69, 9.17) is 0 Å². The summed E-state index contributed by atoms with van der Waals surface area (Å²) in [6.45, 7) is 0.609. The fourth-order valence-electron chi connectivity index (χ4n) is 2.46. The first-order chi connectivity index (χ1) is 8.74. The lowest BCUT2D eigenvalue weighted by Gasteiger charge is -2.21. The predicted molar refractivity (Wildman–Crippen MR) is 67.5 cm³/mol. The van der Waals surface area contributed by atoms with Crippen LogP contribution in [0.2, 0.25) is 0 Å². The zero-order valence-corrected chi connectivity index (χ0v) is 10.1. The van der Waals surface area contributed by atoms with Gasteiger partial charge in [0, 0.05) is 23.9 Å². The third kappa shape index (κ3) is 1.99. The molecule has 1 unspecified atom stereocenters. The molecule has 4 heteroatoms. The van der Waals surface area contributed by atoms with E-state index in [0.29, 0.717) is 18.7 Å². The molecule has 0 fully saturated rings. The fraction of sp³-hybridized carbons (Fsp3) is 0.357. The molecule has 1 atom stereocenters. The van der Waals surface area contributed by atoms with Crippen LogP contribution < -0.4 is 0 Å². The highest BCUT2D eigenvalue weighted by Gasteiger charge is 2.20. The SMILES string of the molecule is Oc1ccccc1Cc1ncc2n1CC(O)CC2. The van der Waals surface area contributed by atoms with Crippen LogP contribution in [0, 0.1) is 0 Å². The lowest BCUT2D eigenvalue weighted by atomic mass is 10.1. The van der Waals surface area contributed by atoms with Gasteiger partial charge in [0.25, 0.3) is 0 Å². The second-order valence-corrected chi connectivity index (χ2v) is 4.77. The third-order valence-electron chi connectivity index (χ3n) is 3.49. The van der Waals surface area contributed by atoms with Crippen LogP contribution in [0.3, 0.4) is 0 Å². The van der Waals surface area contributed by atoms with E-state index in [2.05, 4.69) is 9.55 Å². The van der Waals surface area contributed by atoms with Crippen molar-refractivity contribution < 1.29 is 10.2 Å². The highest BCUT2D eigenvalue weighted by atomic mass is 16.3. The molecule has 0 aliphatic carbocycles. The molecule has 1 aromatic heterocycles. The second-order valence-electron chi connectivity index (χ2n) is 4.77. The Morgan fingerprint density at radius 1 is 1.33 bits per heavy atom. The van der Waals surface area contributed by atoms with E-state index >= 15 is 0 Å². The van der Waals surface area contributed by atoms with Crippen molar-refractivity contribution in [2.24, 2.45) is 0 Å². The first kappa shape index (κ1) is 11.3. The van der Waals surface area contributed by atoms with Crippen molar-refractivity contribution in [3.8, 4) is 5.75 Å². The van der Waals surface area contributed by atoms with Crippen molar-refractivity contribution >= 4 is 0 Å². The smallest absolute Gasteiger partial charge is 0.119 e. The zero-order valence-electron chi connectivity index (χ0n) is 10.1.